The largest absolute Gasteiger partial charge is 0.389 e. The van der Waals surface area contributed by atoms with Crippen molar-refractivity contribution in [1.29, 1.82) is 0 Å². The first-order valence-corrected chi connectivity index (χ1v) is 7.19. The van der Waals surface area contributed by atoms with Crippen LogP contribution in [-0.2, 0) is 0 Å². The first-order chi connectivity index (χ1) is 8.83. The molecule has 108 valence electrons. The molecule has 0 aromatic heterocycles. The SMILES string of the molecule is CCCNC(CCC(F)(F)F)c1cc(C)ccc1Br. The minimum Gasteiger partial charge on any atom is -0.310 e. The lowest BCUT2D eigenvalue weighted by Crippen LogP contribution is -2.24. The number of alkyl halides is 3. The molecule has 1 rings (SSSR count). The maximum atomic E-state index is 12.4. The van der Waals surface area contributed by atoms with Gasteiger partial charge in [0.15, 0.2) is 0 Å². The number of nitrogens with one attached hydrogen (secondary N) is 1. The average Bonchev–Trinajstić information content (AvgIpc) is 2.32. The Morgan fingerprint density at radius 3 is 2.58 bits per heavy atom. The zero-order valence-electron chi connectivity index (χ0n) is 11.1. The molecule has 0 aliphatic carbocycles. The van der Waals surface area contributed by atoms with Gasteiger partial charge in [-0.15, -0.1) is 0 Å². The van der Waals surface area contributed by atoms with Crippen molar-refractivity contribution in [2.24, 2.45) is 0 Å². The predicted octanol–water partition coefficient (Wildman–Crippen LogP) is 5.14. The van der Waals surface area contributed by atoms with Crippen LogP contribution in [-0.4, -0.2) is 12.7 Å². The first-order valence-electron chi connectivity index (χ1n) is 6.39. The minimum atomic E-state index is -4.11. The van der Waals surface area contributed by atoms with Crippen molar-refractivity contribution in [2.45, 2.75) is 45.3 Å². The Hall–Kier alpha value is -0.550. The smallest absolute Gasteiger partial charge is 0.310 e. The molecule has 1 aromatic carbocycles. The van der Waals surface area contributed by atoms with E-state index >= 15 is 0 Å². The van der Waals surface area contributed by atoms with Crippen LogP contribution >= 0.6 is 15.9 Å². The quantitative estimate of drug-likeness (QED) is 0.757. The van der Waals surface area contributed by atoms with Gasteiger partial charge in [-0.2, -0.15) is 13.2 Å². The van der Waals surface area contributed by atoms with Gasteiger partial charge in [0.25, 0.3) is 0 Å². The third-order valence-corrected chi connectivity index (χ3v) is 3.61. The van der Waals surface area contributed by atoms with Gasteiger partial charge in [-0.05, 0) is 37.9 Å². The topological polar surface area (TPSA) is 12.0 Å². The van der Waals surface area contributed by atoms with Gasteiger partial charge < -0.3 is 5.32 Å². The molecule has 0 amide bonds. The number of rotatable bonds is 6. The molecule has 1 unspecified atom stereocenters. The summed E-state index contributed by atoms with van der Waals surface area (Å²) in [6.07, 6.45) is -3.92. The highest BCUT2D eigenvalue weighted by molar-refractivity contribution is 9.10. The van der Waals surface area contributed by atoms with Crippen LogP contribution in [0.15, 0.2) is 22.7 Å². The van der Waals surface area contributed by atoms with Gasteiger partial charge >= 0.3 is 6.18 Å². The molecule has 19 heavy (non-hydrogen) atoms. The highest BCUT2D eigenvalue weighted by Gasteiger charge is 2.29. The Morgan fingerprint density at radius 1 is 1.32 bits per heavy atom. The summed E-state index contributed by atoms with van der Waals surface area (Å²) < 4.78 is 38.0. The molecule has 1 N–H and O–H groups in total. The Balaban J connectivity index is 2.85. The van der Waals surface area contributed by atoms with Crippen LogP contribution in [0.3, 0.4) is 0 Å². The van der Waals surface area contributed by atoms with E-state index in [4.69, 9.17) is 0 Å². The highest BCUT2D eigenvalue weighted by Crippen LogP contribution is 2.31. The van der Waals surface area contributed by atoms with E-state index in [1.54, 1.807) is 0 Å². The van der Waals surface area contributed by atoms with Gasteiger partial charge in [-0.25, -0.2) is 0 Å². The lowest BCUT2D eigenvalue weighted by Gasteiger charge is -2.21. The molecule has 0 aliphatic rings. The van der Waals surface area contributed by atoms with Crippen LogP contribution in [0.5, 0.6) is 0 Å². The third kappa shape index (κ3) is 5.95. The molecule has 0 saturated heterocycles. The standard InChI is InChI=1S/C14H19BrF3N/c1-3-8-19-13(6-7-14(16,17)18)11-9-10(2)4-5-12(11)15/h4-5,9,13,19H,3,6-8H2,1-2H3. The molecule has 0 spiro atoms. The van der Waals surface area contributed by atoms with Crippen LogP contribution in [0.2, 0.25) is 0 Å². The average molecular weight is 338 g/mol. The summed E-state index contributed by atoms with van der Waals surface area (Å²) in [5.41, 5.74) is 1.95. The van der Waals surface area contributed by atoms with E-state index in [0.29, 0.717) is 6.54 Å². The molecule has 0 heterocycles. The molecule has 1 aromatic rings. The van der Waals surface area contributed by atoms with E-state index in [9.17, 15) is 13.2 Å². The molecule has 5 heteroatoms. The number of hydrogen-bond donors (Lipinski definition) is 1. The van der Waals surface area contributed by atoms with Gasteiger partial charge in [-0.3, -0.25) is 0 Å². The zero-order valence-corrected chi connectivity index (χ0v) is 12.7. The van der Waals surface area contributed by atoms with Crippen molar-refractivity contribution in [1.82, 2.24) is 5.32 Å². The molecule has 0 saturated carbocycles. The second-order valence-corrected chi connectivity index (χ2v) is 5.54. The predicted molar refractivity (Wildman–Crippen MR) is 75.2 cm³/mol. The maximum absolute atomic E-state index is 12.4. The van der Waals surface area contributed by atoms with Crippen molar-refractivity contribution in [3.8, 4) is 0 Å². The van der Waals surface area contributed by atoms with Gasteiger partial charge in [0.2, 0.25) is 0 Å². The summed E-state index contributed by atoms with van der Waals surface area (Å²) >= 11 is 3.42. The lowest BCUT2D eigenvalue weighted by atomic mass is 10.00. The van der Waals surface area contributed by atoms with Crippen LogP contribution in [0.1, 0.15) is 43.4 Å². The molecule has 1 atom stereocenters. The Morgan fingerprint density at radius 2 is 2.00 bits per heavy atom. The summed E-state index contributed by atoms with van der Waals surface area (Å²) in [7, 11) is 0. The molecule has 0 aliphatic heterocycles. The fourth-order valence-electron chi connectivity index (χ4n) is 1.92. The van der Waals surface area contributed by atoms with E-state index < -0.39 is 12.6 Å². The lowest BCUT2D eigenvalue weighted by molar-refractivity contribution is -0.136. The summed E-state index contributed by atoms with van der Waals surface area (Å²) in [4.78, 5) is 0. The minimum absolute atomic E-state index is 0.0611. The molecule has 0 fully saturated rings. The van der Waals surface area contributed by atoms with Crippen molar-refractivity contribution >= 4 is 15.9 Å². The zero-order chi connectivity index (χ0) is 14.5. The highest BCUT2D eigenvalue weighted by atomic mass is 79.9. The number of halogens is 4. The van der Waals surface area contributed by atoms with Crippen LogP contribution < -0.4 is 5.32 Å². The summed E-state index contributed by atoms with van der Waals surface area (Å²) in [6.45, 7) is 4.65. The molecular formula is C14H19BrF3N. The molecule has 0 radical (unpaired) electrons. The number of aryl methyl sites for hydroxylation is 1. The van der Waals surface area contributed by atoms with Gasteiger partial charge in [0.1, 0.15) is 0 Å². The monoisotopic (exact) mass is 337 g/mol. The fourth-order valence-corrected chi connectivity index (χ4v) is 2.45. The van der Waals surface area contributed by atoms with Crippen LogP contribution in [0, 0.1) is 6.92 Å². The number of hydrogen-bond acceptors (Lipinski definition) is 1. The van der Waals surface area contributed by atoms with Gasteiger partial charge in [0, 0.05) is 16.9 Å². The molecular weight excluding hydrogens is 319 g/mol. The van der Waals surface area contributed by atoms with Crippen molar-refractivity contribution in [2.75, 3.05) is 6.54 Å². The summed E-state index contributed by atoms with van der Waals surface area (Å²) in [5, 5.41) is 3.20. The van der Waals surface area contributed by atoms with Crippen molar-refractivity contribution < 1.29 is 13.2 Å². The Bertz CT molecular complexity index is 404. The van der Waals surface area contributed by atoms with E-state index in [0.717, 1.165) is 22.0 Å². The second-order valence-electron chi connectivity index (χ2n) is 4.69. The summed E-state index contributed by atoms with van der Waals surface area (Å²) in [6, 6.07) is 5.50. The fraction of sp³-hybridized carbons (Fsp3) is 0.571. The van der Waals surface area contributed by atoms with Crippen molar-refractivity contribution in [3.05, 3.63) is 33.8 Å². The van der Waals surface area contributed by atoms with Gasteiger partial charge in [-0.1, -0.05) is 40.5 Å². The van der Waals surface area contributed by atoms with E-state index in [1.807, 2.05) is 32.0 Å². The molecule has 1 nitrogen and oxygen atoms in total. The number of benzene rings is 1. The second kappa shape index (κ2) is 7.29. The molecule has 0 bridgehead atoms. The third-order valence-electron chi connectivity index (χ3n) is 2.88. The van der Waals surface area contributed by atoms with E-state index in [2.05, 4.69) is 21.2 Å². The summed E-state index contributed by atoms with van der Waals surface area (Å²) in [5.74, 6) is 0. The van der Waals surface area contributed by atoms with Gasteiger partial charge in [0.05, 0.1) is 0 Å². The van der Waals surface area contributed by atoms with E-state index in [1.165, 1.54) is 0 Å². The maximum Gasteiger partial charge on any atom is 0.389 e. The van der Waals surface area contributed by atoms with Crippen molar-refractivity contribution in [3.63, 3.8) is 0 Å². The Labute approximate surface area is 120 Å². The Kier molecular flexibility index (Phi) is 6.33. The normalized spacial score (nSPS) is 13.6. The first kappa shape index (κ1) is 16.5. The van der Waals surface area contributed by atoms with E-state index in [-0.39, 0.29) is 12.5 Å². The van der Waals surface area contributed by atoms with Crippen LogP contribution in [0.4, 0.5) is 13.2 Å². The van der Waals surface area contributed by atoms with Crippen LogP contribution in [0.25, 0.3) is 0 Å².